The molecule has 1 aromatic heterocycles. The van der Waals surface area contributed by atoms with Crippen LogP contribution in [0.5, 0.6) is 0 Å². The van der Waals surface area contributed by atoms with E-state index >= 15 is 0 Å². The number of hydrogen-bond donors (Lipinski definition) is 0. The third-order valence-electron chi connectivity index (χ3n) is 3.36. The molecule has 0 saturated carbocycles. The molecule has 102 valence electrons. The second kappa shape index (κ2) is 4.56. The standard InChI is InChI=1S/C16H11N3OS/c1-10(20)19-13-8-4-5-9-14(13)21-16-15(19)17-11-6-2-3-7-12(11)18-16/h2-9H,1H3. The van der Waals surface area contributed by atoms with Gasteiger partial charge in [0.25, 0.3) is 0 Å². The molecule has 2 aromatic carbocycles. The summed E-state index contributed by atoms with van der Waals surface area (Å²) in [6.07, 6.45) is 0. The van der Waals surface area contributed by atoms with E-state index in [1.807, 2.05) is 48.5 Å². The van der Waals surface area contributed by atoms with E-state index in [9.17, 15) is 4.79 Å². The van der Waals surface area contributed by atoms with E-state index < -0.39 is 0 Å². The molecule has 0 atom stereocenters. The summed E-state index contributed by atoms with van der Waals surface area (Å²) < 4.78 is 0. The number of nitrogens with zero attached hydrogens (tertiary/aromatic N) is 3. The third-order valence-corrected chi connectivity index (χ3v) is 4.39. The quantitative estimate of drug-likeness (QED) is 0.633. The third kappa shape index (κ3) is 1.89. The summed E-state index contributed by atoms with van der Waals surface area (Å²) in [6.45, 7) is 1.55. The zero-order chi connectivity index (χ0) is 14.4. The fourth-order valence-corrected chi connectivity index (χ4v) is 3.44. The van der Waals surface area contributed by atoms with Gasteiger partial charge in [0.2, 0.25) is 5.91 Å². The van der Waals surface area contributed by atoms with Gasteiger partial charge in [-0.1, -0.05) is 36.0 Å². The molecular formula is C16H11N3OS. The maximum absolute atomic E-state index is 12.1. The van der Waals surface area contributed by atoms with E-state index in [1.165, 1.54) is 0 Å². The highest BCUT2D eigenvalue weighted by Gasteiger charge is 2.28. The van der Waals surface area contributed by atoms with E-state index in [2.05, 4.69) is 9.97 Å². The summed E-state index contributed by atoms with van der Waals surface area (Å²) in [6, 6.07) is 15.5. The van der Waals surface area contributed by atoms with Crippen LogP contribution in [0.2, 0.25) is 0 Å². The van der Waals surface area contributed by atoms with Crippen LogP contribution in [0, 0.1) is 0 Å². The Balaban J connectivity index is 2.01. The molecule has 1 amide bonds. The second-order valence-electron chi connectivity index (χ2n) is 4.77. The van der Waals surface area contributed by atoms with Gasteiger partial charge in [0.05, 0.1) is 16.7 Å². The molecular weight excluding hydrogens is 282 g/mol. The molecule has 4 rings (SSSR count). The lowest BCUT2D eigenvalue weighted by atomic mass is 10.2. The Labute approximate surface area is 125 Å². The Morgan fingerprint density at radius 1 is 1.00 bits per heavy atom. The molecule has 1 aliphatic heterocycles. The molecule has 0 bridgehead atoms. The monoisotopic (exact) mass is 293 g/mol. The highest BCUT2D eigenvalue weighted by Crippen LogP contribution is 2.46. The van der Waals surface area contributed by atoms with Crippen molar-refractivity contribution >= 4 is 40.2 Å². The SMILES string of the molecule is CC(=O)N1c2ccccc2Sc2nc3ccccc3nc21. The van der Waals surface area contributed by atoms with Crippen LogP contribution in [0.25, 0.3) is 11.0 Å². The maximum Gasteiger partial charge on any atom is 0.229 e. The first-order valence-corrected chi connectivity index (χ1v) is 7.40. The Kier molecular flexibility index (Phi) is 2.68. The van der Waals surface area contributed by atoms with Gasteiger partial charge in [0.15, 0.2) is 5.82 Å². The predicted octanol–water partition coefficient (Wildman–Crippen LogP) is 3.78. The molecule has 0 radical (unpaired) electrons. The van der Waals surface area contributed by atoms with Gasteiger partial charge < -0.3 is 0 Å². The summed E-state index contributed by atoms with van der Waals surface area (Å²) in [5.41, 5.74) is 2.50. The fraction of sp³-hybridized carbons (Fsp3) is 0.0625. The van der Waals surface area contributed by atoms with Gasteiger partial charge in [-0.15, -0.1) is 0 Å². The van der Waals surface area contributed by atoms with Gasteiger partial charge in [-0.2, -0.15) is 0 Å². The van der Waals surface area contributed by atoms with Crippen molar-refractivity contribution in [1.82, 2.24) is 9.97 Å². The van der Waals surface area contributed by atoms with Gasteiger partial charge in [-0.25, -0.2) is 9.97 Å². The van der Waals surface area contributed by atoms with E-state index in [1.54, 1.807) is 23.6 Å². The van der Waals surface area contributed by atoms with Crippen molar-refractivity contribution in [3.8, 4) is 0 Å². The van der Waals surface area contributed by atoms with Gasteiger partial charge in [-0.05, 0) is 24.3 Å². The van der Waals surface area contributed by atoms with Crippen molar-refractivity contribution in [3.05, 3.63) is 48.5 Å². The minimum absolute atomic E-state index is 0.0615. The average Bonchev–Trinajstić information content (AvgIpc) is 2.50. The van der Waals surface area contributed by atoms with E-state index in [0.717, 1.165) is 26.6 Å². The van der Waals surface area contributed by atoms with Gasteiger partial charge in [0.1, 0.15) is 5.03 Å². The summed E-state index contributed by atoms with van der Waals surface area (Å²) >= 11 is 1.55. The summed E-state index contributed by atoms with van der Waals surface area (Å²) in [4.78, 5) is 24.1. The number of carbonyl (C=O) groups excluding carboxylic acids is 1. The normalized spacial score (nSPS) is 12.9. The lowest BCUT2D eigenvalue weighted by Crippen LogP contribution is -2.27. The number of rotatable bonds is 0. The van der Waals surface area contributed by atoms with Crippen LogP contribution >= 0.6 is 11.8 Å². The molecule has 4 nitrogen and oxygen atoms in total. The lowest BCUT2D eigenvalue weighted by Gasteiger charge is -2.28. The number of benzene rings is 2. The van der Waals surface area contributed by atoms with E-state index in [-0.39, 0.29) is 5.91 Å². The summed E-state index contributed by atoms with van der Waals surface area (Å²) in [5, 5.41) is 0.766. The van der Waals surface area contributed by atoms with Crippen LogP contribution in [-0.2, 0) is 4.79 Å². The van der Waals surface area contributed by atoms with Crippen LogP contribution in [0.15, 0.2) is 58.5 Å². The zero-order valence-corrected chi connectivity index (χ0v) is 12.1. The molecule has 0 fully saturated rings. The van der Waals surface area contributed by atoms with Crippen LogP contribution in [0.3, 0.4) is 0 Å². The minimum atomic E-state index is -0.0615. The molecule has 0 saturated heterocycles. The zero-order valence-electron chi connectivity index (χ0n) is 11.3. The molecule has 0 spiro atoms. The molecule has 0 aliphatic carbocycles. The van der Waals surface area contributed by atoms with Crippen LogP contribution in [0.4, 0.5) is 11.5 Å². The largest absolute Gasteiger partial charge is 0.274 e. The average molecular weight is 293 g/mol. The first kappa shape index (κ1) is 12.3. The second-order valence-corrected chi connectivity index (χ2v) is 5.80. The topological polar surface area (TPSA) is 46.1 Å². The molecule has 0 N–H and O–H groups in total. The first-order valence-electron chi connectivity index (χ1n) is 6.58. The fourth-order valence-electron chi connectivity index (χ4n) is 2.45. The summed E-state index contributed by atoms with van der Waals surface area (Å²) in [5.74, 6) is 0.554. The van der Waals surface area contributed by atoms with Crippen LogP contribution in [-0.4, -0.2) is 15.9 Å². The number of fused-ring (bicyclic) bond motifs is 3. The first-order chi connectivity index (χ1) is 10.2. The van der Waals surface area contributed by atoms with Crippen molar-refractivity contribution in [2.45, 2.75) is 16.8 Å². The smallest absolute Gasteiger partial charge is 0.229 e. The highest BCUT2D eigenvalue weighted by molar-refractivity contribution is 7.99. The van der Waals surface area contributed by atoms with E-state index in [4.69, 9.17) is 0 Å². The molecule has 1 aliphatic rings. The van der Waals surface area contributed by atoms with Crippen molar-refractivity contribution in [1.29, 1.82) is 0 Å². The molecule has 2 heterocycles. The number of amides is 1. The number of aromatic nitrogens is 2. The van der Waals surface area contributed by atoms with Crippen molar-refractivity contribution < 1.29 is 4.79 Å². The molecule has 21 heavy (non-hydrogen) atoms. The van der Waals surface area contributed by atoms with Crippen LogP contribution in [0.1, 0.15) is 6.92 Å². The highest BCUT2D eigenvalue weighted by atomic mass is 32.2. The van der Waals surface area contributed by atoms with Crippen molar-refractivity contribution in [2.75, 3.05) is 4.90 Å². The summed E-state index contributed by atoms with van der Waals surface area (Å²) in [7, 11) is 0. The minimum Gasteiger partial charge on any atom is -0.274 e. The predicted molar refractivity (Wildman–Crippen MR) is 82.9 cm³/mol. The Bertz CT molecular complexity index is 878. The maximum atomic E-state index is 12.1. The number of hydrogen-bond acceptors (Lipinski definition) is 4. The van der Waals surface area contributed by atoms with Gasteiger partial charge in [0, 0.05) is 11.8 Å². The Morgan fingerprint density at radius 3 is 2.43 bits per heavy atom. The van der Waals surface area contributed by atoms with Gasteiger partial charge >= 0.3 is 0 Å². The number of para-hydroxylation sites is 3. The molecule has 3 aromatic rings. The number of anilines is 2. The Morgan fingerprint density at radius 2 is 1.67 bits per heavy atom. The molecule has 0 unspecified atom stereocenters. The van der Waals surface area contributed by atoms with Crippen molar-refractivity contribution in [2.24, 2.45) is 0 Å². The van der Waals surface area contributed by atoms with Gasteiger partial charge in [-0.3, -0.25) is 9.69 Å². The lowest BCUT2D eigenvalue weighted by molar-refractivity contribution is -0.115. The Hall–Kier alpha value is -2.40. The van der Waals surface area contributed by atoms with Crippen LogP contribution < -0.4 is 4.90 Å². The number of carbonyl (C=O) groups is 1. The molecule has 5 heteroatoms. The van der Waals surface area contributed by atoms with Crippen molar-refractivity contribution in [3.63, 3.8) is 0 Å². The van der Waals surface area contributed by atoms with E-state index in [0.29, 0.717) is 5.82 Å².